The maximum Gasteiger partial charge on any atom is 0.407 e. The van der Waals surface area contributed by atoms with Gasteiger partial charge in [0.2, 0.25) is 0 Å². The summed E-state index contributed by atoms with van der Waals surface area (Å²) in [4.78, 5) is 23.4. The zero-order valence-electron chi connectivity index (χ0n) is 14.9. The molecule has 1 aromatic carbocycles. The number of carbonyl (C=O) groups excluding carboxylic acids is 2. The molecule has 1 saturated carbocycles. The predicted molar refractivity (Wildman–Crippen MR) is 92.1 cm³/mol. The Morgan fingerprint density at radius 3 is 2.38 bits per heavy atom. The van der Waals surface area contributed by atoms with Gasteiger partial charge in [-0.2, -0.15) is 0 Å². The van der Waals surface area contributed by atoms with Crippen LogP contribution in [0.2, 0.25) is 0 Å². The monoisotopic (exact) mass is 333 g/mol. The second-order valence-electron chi connectivity index (χ2n) is 7.32. The molecule has 0 radical (unpaired) electrons. The zero-order valence-corrected chi connectivity index (χ0v) is 14.9. The van der Waals surface area contributed by atoms with Gasteiger partial charge in [-0.15, -0.1) is 0 Å². The van der Waals surface area contributed by atoms with Gasteiger partial charge in [0.05, 0.1) is 12.7 Å². The molecule has 1 N–H and O–H groups in total. The van der Waals surface area contributed by atoms with Gasteiger partial charge < -0.3 is 14.8 Å². The molecule has 5 nitrogen and oxygen atoms in total. The number of hydrogen-bond donors (Lipinski definition) is 1. The maximum atomic E-state index is 11.9. The maximum absolute atomic E-state index is 11.9. The van der Waals surface area contributed by atoms with Crippen LogP contribution >= 0.6 is 0 Å². The van der Waals surface area contributed by atoms with Crippen LogP contribution in [0.1, 0.15) is 68.3 Å². The van der Waals surface area contributed by atoms with Gasteiger partial charge in [0.15, 0.2) is 0 Å². The van der Waals surface area contributed by atoms with E-state index in [2.05, 4.69) is 5.32 Å². The Labute approximate surface area is 143 Å². The Hall–Kier alpha value is -2.04. The SMILES string of the molecule is COC(=O)c1ccc(C2CCCC(NC(=O)OC(C)(C)C)C2)cc1. The van der Waals surface area contributed by atoms with E-state index in [1.165, 1.54) is 12.7 Å². The number of esters is 1. The normalized spacial score (nSPS) is 21.0. The van der Waals surface area contributed by atoms with Crippen molar-refractivity contribution < 1.29 is 19.1 Å². The summed E-state index contributed by atoms with van der Waals surface area (Å²) >= 11 is 0. The molecule has 1 aliphatic carbocycles. The Kier molecular flexibility index (Phi) is 5.86. The summed E-state index contributed by atoms with van der Waals surface area (Å²) in [5, 5.41) is 2.98. The number of hydrogen-bond acceptors (Lipinski definition) is 4. The van der Waals surface area contributed by atoms with Crippen LogP contribution in [0.5, 0.6) is 0 Å². The molecule has 1 amide bonds. The van der Waals surface area contributed by atoms with Crippen LogP contribution in [0.25, 0.3) is 0 Å². The van der Waals surface area contributed by atoms with Gasteiger partial charge in [-0.05, 0) is 63.6 Å². The van der Waals surface area contributed by atoms with E-state index in [4.69, 9.17) is 9.47 Å². The quantitative estimate of drug-likeness (QED) is 0.848. The first-order valence-corrected chi connectivity index (χ1v) is 8.46. The average molecular weight is 333 g/mol. The van der Waals surface area contributed by atoms with Crippen LogP contribution in [-0.4, -0.2) is 30.8 Å². The molecule has 0 aliphatic heterocycles. The summed E-state index contributed by atoms with van der Waals surface area (Å²) in [5.74, 6) is 0.0556. The Balaban J connectivity index is 1.95. The van der Waals surface area contributed by atoms with Gasteiger partial charge in [-0.25, -0.2) is 9.59 Å². The van der Waals surface area contributed by atoms with Gasteiger partial charge in [-0.3, -0.25) is 0 Å². The van der Waals surface area contributed by atoms with E-state index >= 15 is 0 Å². The minimum Gasteiger partial charge on any atom is -0.465 e. The van der Waals surface area contributed by atoms with Gasteiger partial charge in [0.25, 0.3) is 0 Å². The highest BCUT2D eigenvalue weighted by Gasteiger charge is 2.26. The van der Waals surface area contributed by atoms with Crippen molar-refractivity contribution in [1.29, 1.82) is 0 Å². The van der Waals surface area contributed by atoms with E-state index in [-0.39, 0.29) is 18.1 Å². The number of amides is 1. The van der Waals surface area contributed by atoms with Gasteiger partial charge >= 0.3 is 12.1 Å². The van der Waals surface area contributed by atoms with Crippen molar-refractivity contribution in [2.24, 2.45) is 0 Å². The highest BCUT2D eigenvalue weighted by atomic mass is 16.6. The van der Waals surface area contributed by atoms with Gasteiger partial charge in [0, 0.05) is 6.04 Å². The molecule has 0 bridgehead atoms. The lowest BCUT2D eigenvalue weighted by molar-refractivity contribution is 0.0489. The third-order valence-electron chi connectivity index (χ3n) is 4.20. The first-order chi connectivity index (χ1) is 11.3. The van der Waals surface area contributed by atoms with Crippen molar-refractivity contribution in [1.82, 2.24) is 5.32 Å². The summed E-state index contributed by atoms with van der Waals surface area (Å²) in [6.07, 6.45) is 3.65. The first-order valence-electron chi connectivity index (χ1n) is 8.46. The molecule has 5 heteroatoms. The van der Waals surface area contributed by atoms with Crippen molar-refractivity contribution in [3.63, 3.8) is 0 Å². The van der Waals surface area contributed by atoms with E-state index in [1.54, 1.807) is 12.1 Å². The minimum absolute atomic E-state index is 0.124. The van der Waals surface area contributed by atoms with Crippen molar-refractivity contribution in [2.75, 3.05) is 7.11 Å². The second kappa shape index (κ2) is 7.69. The summed E-state index contributed by atoms with van der Waals surface area (Å²) in [6.45, 7) is 5.58. The summed E-state index contributed by atoms with van der Waals surface area (Å²) < 4.78 is 10.1. The summed E-state index contributed by atoms with van der Waals surface area (Å²) in [7, 11) is 1.38. The molecular weight excluding hydrogens is 306 g/mol. The Bertz CT molecular complexity index is 574. The Morgan fingerprint density at radius 1 is 1.12 bits per heavy atom. The number of ether oxygens (including phenoxy) is 2. The fourth-order valence-electron chi connectivity index (χ4n) is 3.11. The van der Waals surface area contributed by atoms with Crippen molar-refractivity contribution in [3.05, 3.63) is 35.4 Å². The van der Waals surface area contributed by atoms with E-state index in [0.717, 1.165) is 25.7 Å². The zero-order chi connectivity index (χ0) is 17.7. The molecule has 1 fully saturated rings. The van der Waals surface area contributed by atoms with Gasteiger partial charge in [-0.1, -0.05) is 18.6 Å². The summed E-state index contributed by atoms with van der Waals surface area (Å²) in [5.41, 5.74) is 1.26. The number of nitrogens with one attached hydrogen (secondary N) is 1. The largest absolute Gasteiger partial charge is 0.465 e. The van der Waals surface area contributed by atoms with Gasteiger partial charge in [0.1, 0.15) is 5.60 Å². The molecule has 2 rings (SSSR count). The fraction of sp³-hybridized carbons (Fsp3) is 0.579. The molecular formula is C19H27NO4. The highest BCUT2D eigenvalue weighted by Crippen LogP contribution is 2.33. The smallest absolute Gasteiger partial charge is 0.407 e. The van der Waals surface area contributed by atoms with E-state index < -0.39 is 5.60 Å². The van der Waals surface area contributed by atoms with Crippen LogP contribution in [-0.2, 0) is 9.47 Å². The summed E-state index contributed by atoms with van der Waals surface area (Å²) in [6, 6.07) is 7.68. The first kappa shape index (κ1) is 18.3. The van der Waals surface area contributed by atoms with E-state index in [1.807, 2.05) is 32.9 Å². The minimum atomic E-state index is -0.484. The van der Waals surface area contributed by atoms with Crippen molar-refractivity contribution in [3.8, 4) is 0 Å². The Morgan fingerprint density at radius 2 is 1.79 bits per heavy atom. The van der Waals surface area contributed by atoms with Crippen molar-refractivity contribution >= 4 is 12.1 Å². The molecule has 1 aromatic rings. The number of methoxy groups -OCH3 is 1. The number of carbonyl (C=O) groups is 2. The standard InChI is InChI=1S/C19H27NO4/c1-19(2,3)24-18(22)20-16-7-5-6-15(12-16)13-8-10-14(11-9-13)17(21)23-4/h8-11,15-16H,5-7,12H2,1-4H3,(H,20,22). The number of benzene rings is 1. The molecule has 2 unspecified atom stereocenters. The van der Waals surface area contributed by atoms with Crippen LogP contribution in [0.15, 0.2) is 24.3 Å². The highest BCUT2D eigenvalue weighted by molar-refractivity contribution is 5.89. The number of alkyl carbamates (subject to hydrolysis) is 1. The van der Waals surface area contributed by atoms with Crippen LogP contribution < -0.4 is 5.32 Å². The average Bonchev–Trinajstić information content (AvgIpc) is 2.52. The molecule has 0 spiro atoms. The molecule has 0 heterocycles. The predicted octanol–water partition coefficient (Wildman–Crippen LogP) is 4.02. The van der Waals surface area contributed by atoms with Crippen molar-refractivity contribution in [2.45, 2.75) is 64.0 Å². The lowest BCUT2D eigenvalue weighted by Crippen LogP contribution is -2.41. The molecule has 2 atom stereocenters. The lowest BCUT2D eigenvalue weighted by Gasteiger charge is -2.31. The van der Waals surface area contributed by atoms with Crippen LogP contribution in [0, 0.1) is 0 Å². The molecule has 132 valence electrons. The van der Waals surface area contributed by atoms with E-state index in [0.29, 0.717) is 11.5 Å². The lowest BCUT2D eigenvalue weighted by atomic mass is 9.81. The third kappa shape index (κ3) is 5.25. The number of rotatable bonds is 3. The third-order valence-corrected chi connectivity index (χ3v) is 4.20. The fourth-order valence-corrected chi connectivity index (χ4v) is 3.11. The molecule has 1 aliphatic rings. The molecule has 24 heavy (non-hydrogen) atoms. The second-order valence-corrected chi connectivity index (χ2v) is 7.32. The molecule has 0 saturated heterocycles. The van der Waals surface area contributed by atoms with E-state index in [9.17, 15) is 9.59 Å². The topological polar surface area (TPSA) is 64.6 Å². The van der Waals surface area contributed by atoms with Crippen LogP contribution in [0.4, 0.5) is 4.79 Å². The van der Waals surface area contributed by atoms with Crippen LogP contribution in [0.3, 0.4) is 0 Å². The molecule has 0 aromatic heterocycles.